The van der Waals surface area contributed by atoms with Crippen molar-refractivity contribution in [3.05, 3.63) is 42.1 Å². The second kappa shape index (κ2) is 9.75. The summed E-state index contributed by atoms with van der Waals surface area (Å²) < 4.78 is 27.0. The minimum absolute atomic E-state index is 0.0168. The van der Waals surface area contributed by atoms with E-state index in [1.54, 1.807) is 19.2 Å². The van der Waals surface area contributed by atoms with Gasteiger partial charge in [0, 0.05) is 37.1 Å². The fourth-order valence-corrected chi connectivity index (χ4v) is 3.31. The number of rotatable bonds is 9. The first-order chi connectivity index (χ1) is 15.6. The quantitative estimate of drug-likeness (QED) is 0.456. The largest absolute Gasteiger partial charge is 0.493 e. The molecule has 4 rings (SSSR count). The number of carbonyl (C=O) groups is 2. The maximum atomic E-state index is 12.6. The summed E-state index contributed by atoms with van der Waals surface area (Å²) in [5.74, 6) is 0.557. The van der Waals surface area contributed by atoms with Gasteiger partial charge in [-0.15, -0.1) is 0 Å². The Morgan fingerprint density at radius 2 is 1.97 bits per heavy atom. The van der Waals surface area contributed by atoms with Crippen LogP contribution in [0.1, 0.15) is 6.42 Å². The molecule has 1 fully saturated rings. The van der Waals surface area contributed by atoms with E-state index in [2.05, 4.69) is 15.3 Å². The highest BCUT2D eigenvalue weighted by Crippen LogP contribution is 2.34. The number of benzene rings is 1. The molecule has 0 spiro atoms. The average Bonchev–Trinajstić information content (AvgIpc) is 3.30. The van der Waals surface area contributed by atoms with E-state index in [-0.39, 0.29) is 17.6 Å². The second-order valence-corrected chi connectivity index (χ2v) is 7.11. The number of ketones is 2. The molecule has 0 unspecified atom stereocenters. The van der Waals surface area contributed by atoms with Crippen molar-refractivity contribution in [1.29, 1.82) is 0 Å². The average molecular weight is 441 g/mol. The van der Waals surface area contributed by atoms with Crippen LogP contribution in [-0.2, 0) is 23.8 Å². The SMILES string of the molecule is COCCOc1cc2ncnc(NC3=CC(=O)C(O[C@@H]4CCOC4)=CC3=O)c2cc1OC. The van der Waals surface area contributed by atoms with Crippen LogP contribution in [0.3, 0.4) is 0 Å². The molecular weight excluding hydrogens is 418 g/mol. The van der Waals surface area contributed by atoms with Crippen LogP contribution in [0.2, 0.25) is 0 Å². The Kier molecular flexibility index (Phi) is 6.62. The zero-order valence-electron chi connectivity index (χ0n) is 17.8. The molecule has 1 aromatic carbocycles. The minimum atomic E-state index is -0.399. The van der Waals surface area contributed by atoms with Gasteiger partial charge < -0.3 is 29.0 Å². The van der Waals surface area contributed by atoms with Gasteiger partial charge in [-0.3, -0.25) is 9.59 Å². The van der Waals surface area contributed by atoms with Gasteiger partial charge in [0.15, 0.2) is 17.3 Å². The van der Waals surface area contributed by atoms with Crippen molar-refractivity contribution in [2.45, 2.75) is 12.5 Å². The molecule has 168 valence electrons. The molecule has 1 N–H and O–H groups in total. The lowest BCUT2D eigenvalue weighted by Crippen LogP contribution is -2.23. The topological polar surface area (TPSA) is 118 Å². The molecule has 2 aliphatic rings. The molecule has 1 atom stereocenters. The Hall–Kier alpha value is -3.50. The smallest absolute Gasteiger partial charge is 0.222 e. The molecule has 2 heterocycles. The Bertz CT molecular complexity index is 1090. The van der Waals surface area contributed by atoms with Crippen molar-refractivity contribution in [3.8, 4) is 11.5 Å². The minimum Gasteiger partial charge on any atom is -0.493 e. The summed E-state index contributed by atoms with van der Waals surface area (Å²) in [6.07, 6.45) is 4.21. The third-order valence-corrected chi connectivity index (χ3v) is 4.95. The molecule has 1 aliphatic carbocycles. The number of hydrogen-bond donors (Lipinski definition) is 1. The number of carbonyl (C=O) groups excluding carboxylic acids is 2. The molecule has 1 aliphatic heterocycles. The molecule has 2 aromatic rings. The van der Waals surface area contributed by atoms with Crippen molar-refractivity contribution in [1.82, 2.24) is 9.97 Å². The Balaban J connectivity index is 1.56. The van der Waals surface area contributed by atoms with E-state index in [0.717, 1.165) is 0 Å². The normalized spacial score (nSPS) is 18.4. The van der Waals surface area contributed by atoms with E-state index in [4.69, 9.17) is 23.7 Å². The third kappa shape index (κ3) is 4.71. The summed E-state index contributed by atoms with van der Waals surface area (Å²) >= 11 is 0. The first kappa shape index (κ1) is 21.7. The second-order valence-electron chi connectivity index (χ2n) is 7.11. The number of hydrogen-bond acceptors (Lipinski definition) is 10. The first-order valence-corrected chi connectivity index (χ1v) is 10.1. The number of aromatic nitrogens is 2. The van der Waals surface area contributed by atoms with Crippen LogP contribution in [-0.4, -0.2) is 68.3 Å². The molecule has 0 amide bonds. The zero-order chi connectivity index (χ0) is 22.5. The fourth-order valence-electron chi connectivity index (χ4n) is 3.31. The highest BCUT2D eigenvalue weighted by atomic mass is 16.6. The van der Waals surface area contributed by atoms with Crippen molar-refractivity contribution in [2.75, 3.05) is 46.0 Å². The van der Waals surface area contributed by atoms with E-state index >= 15 is 0 Å². The summed E-state index contributed by atoms with van der Waals surface area (Å²) in [7, 11) is 3.11. The lowest BCUT2D eigenvalue weighted by Gasteiger charge is -2.18. The Morgan fingerprint density at radius 3 is 2.72 bits per heavy atom. The van der Waals surface area contributed by atoms with E-state index in [1.165, 1.54) is 25.6 Å². The summed E-state index contributed by atoms with van der Waals surface area (Å²) in [6, 6.07) is 3.42. The summed E-state index contributed by atoms with van der Waals surface area (Å²) in [6.45, 7) is 1.75. The monoisotopic (exact) mass is 441 g/mol. The van der Waals surface area contributed by atoms with E-state index in [9.17, 15) is 9.59 Å². The molecule has 0 bridgehead atoms. The molecule has 0 radical (unpaired) electrons. The molecule has 1 saturated heterocycles. The molecule has 10 heteroatoms. The standard InChI is InChI=1S/C22H23N3O7/c1-28-5-6-31-21-9-15-14(7-20(21)29-2)22(24-12-23-15)25-16-8-18(27)19(10-17(16)26)32-13-3-4-30-11-13/h7-10,12-13H,3-6,11H2,1-2H3,(H,23,24,25)/t13-/m1/s1. The van der Waals surface area contributed by atoms with Gasteiger partial charge in [0.25, 0.3) is 0 Å². The van der Waals surface area contributed by atoms with Crippen LogP contribution < -0.4 is 14.8 Å². The maximum Gasteiger partial charge on any atom is 0.222 e. The van der Waals surface area contributed by atoms with Crippen molar-refractivity contribution in [3.63, 3.8) is 0 Å². The summed E-state index contributed by atoms with van der Waals surface area (Å²) in [5, 5.41) is 3.54. The molecule has 32 heavy (non-hydrogen) atoms. The number of ether oxygens (including phenoxy) is 5. The molecule has 10 nitrogen and oxygen atoms in total. The van der Waals surface area contributed by atoms with E-state index < -0.39 is 11.6 Å². The zero-order valence-corrected chi connectivity index (χ0v) is 17.8. The van der Waals surface area contributed by atoms with Crippen molar-refractivity contribution < 1.29 is 33.3 Å². The van der Waals surface area contributed by atoms with Gasteiger partial charge in [-0.2, -0.15) is 0 Å². The van der Waals surface area contributed by atoms with Crippen LogP contribution in [0.25, 0.3) is 10.9 Å². The predicted molar refractivity (Wildman–Crippen MR) is 114 cm³/mol. The van der Waals surface area contributed by atoms with Crippen LogP contribution >= 0.6 is 0 Å². The number of methoxy groups -OCH3 is 2. The Labute approximate surface area is 184 Å². The van der Waals surface area contributed by atoms with Gasteiger partial charge in [-0.1, -0.05) is 0 Å². The molecular formula is C22H23N3O7. The van der Waals surface area contributed by atoms with Crippen molar-refractivity contribution >= 4 is 28.3 Å². The number of nitrogens with zero attached hydrogens (tertiary/aromatic N) is 2. The van der Waals surface area contributed by atoms with Gasteiger partial charge in [-0.05, 0) is 6.07 Å². The van der Waals surface area contributed by atoms with Crippen LogP contribution in [0, 0.1) is 0 Å². The van der Waals surface area contributed by atoms with Crippen LogP contribution in [0.5, 0.6) is 11.5 Å². The lowest BCUT2D eigenvalue weighted by molar-refractivity contribution is -0.118. The first-order valence-electron chi connectivity index (χ1n) is 10.1. The highest BCUT2D eigenvalue weighted by molar-refractivity contribution is 6.20. The van der Waals surface area contributed by atoms with Gasteiger partial charge in [-0.25, -0.2) is 9.97 Å². The number of anilines is 1. The fraction of sp³-hybridized carbons (Fsp3) is 0.364. The predicted octanol–water partition coefficient (Wildman–Crippen LogP) is 1.80. The van der Waals surface area contributed by atoms with Crippen molar-refractivity contribution in [2.24, 2.45) is 0 Å². The van der Waals surface area contributed by atoms with Gasteiger partial charge in [0.2, 0.25) is 11.6 Å². The third-order valence-electron chi connectivity index (χ3n) is 4.95. The highest BCUT2D eigenvalue weighted by Gasteiger charge is 2.26. The number of nitrogens with one attached hydrogen (secondary N) is 1. The van der Waals surface area contributed by atoms with Gasteiger partial charge >= 0.3 is 0 Å². The van der Waals surface area contributed by atoms with Crippen LogP contribution in [0.15, 0.2) is 42.1 Å². The Morgan fingerprint density at radius 1 is 1.09 bits per heavy atom. The summed E-state index contributed by atoms with van der Waals surface area (Å²) in [4.78, 5) is 33.6. The lowest BCUT2D eigenvalue weighted by atomic mass is 10.1. The molecule has 1 aromatic heterocycles. The van der Waals surface area contributed by atoms with Crippen LogP contribution in [0.4, 0.5) is 5.82 Å². The summed E-state index contributed by atoms with van der Waals surface area (Å²) in [5.41, 5.74) is 0.663. The van der Waals surface area contributed by atoms with Gasteiger partial charge in [0.1, 0.15) is 24.9 Å². The van der Waals surface area contributed by atoms with Gasteiger partial charge in [0.05, 0.1) is 38.1 Å². The number of fused-ring (bicyclic) bond motifs is 1. The van der Waals surface area contributed by atoms with E-state index in [0.29, 0.717) is 61.1 Å². The molecule has 0 saturated carbocycles. The number of allylic oxidation sites excluding steroid dienone is 2. The van der Waals surface area contributed by atoms with E-state index in [1.807, 2.05) is 0 Å². The maximum absolute atomic E-state index is 12.6.